The Hall–Kier alpha value is -1.66. The molecular weight excluding hydrogens is 228 g/mol. The number of nitrogens with one attached hydrogen (secondary N) is 1. The van der Waals surface area contributed by atoms with Crippen molar-refractivity contribution in [1.82, 2.24) is 19.5 Å². The molecule has 0 unspecified atom stereocenters. The first-order chi connectivity index (χ1) is 7.76. The molecule has 3 N–H and O–H groups in total. The normalized spacial score (nSPS) is 10.4. The van der Waals surface area contributed by atoms with E-state index in [4.69, 9.17) is 17.4 Å². The minimum atomic E-state index is 0.315. The molecule has 2 heterocycles. The minimum absolute atomic E-state index is 0.315. The lowest BCUT2D eigenvalue weighted by molar-refractivity contribution is 0.862. The van der Waals surface area contributed by atoms with E-state index < -0.39 is 0 Å². The fourth-order valence-corrected chi connectivity index (χ4v) is 1.57. The summed E-state index contributed by atoms with van der Waals surface area (Å²) in [4.78, 5) is 12.3. The summed E-state index contributed by atoms with van der Waals surface area (Å²) in [5.41, 5.74) is 2.38. The Morgan fingerprint density at radius 2 is 2.31 bits per heavy atom. The Bertz CT molecular complexity index is 494. The molecule has 0 fully saturated rings. The van der Waals surface area contributed by atoms with E-state index in [1.165, 1.54) is 6.20 Å². The van der Waals surface area contributed by atoms with Crippen molar-refractivity contribution in [1.29, 1.82) is 0 Å². The molecule has 2 aromatic rings. The number of hydrogen-bond acceptors (Lipinski definition) is 5. The number of rotatable bonds is 3. The van der Waals surface area contributed by atoms with Crippen LogP contribution in [0.2, 0.25) is 5.02 Å². The molecule has 0 aliphatic rings. The van der Waals surface area contributed by atoms with Crippen molar-refractivity contribution in [3.8, 4) is 5.82 Å². The summed E-state index contributed by atoms with van der Waals surface area (Å²) < 4.78 is 1.81. The summed E-state index contributed by atoms with van der Waals surface area (Å²) >= 11 is 6.03. The van der Waals surface area contributed by atoms with Gasteiger partial charge in [-0.3, -0.25) is 9.99 Å². The van der Waals surface area contributed by atoms with Crippen molar-refractivity contribution in [2.45, 2.75) is 13.3 Å². The standard InChI is InChI=1S/C9H11ClN6/c1-2-7-12-3-4-16(7)8-6(10)5-13-9(14-8)15-11/h3-5H,2,11H2,1H3,(H,13,14,15). The maximum Gasteiger partial charge on any atom is 0.239 e. The molecule has 2 aromatic heterocycles. The molecule has 84 valence electrons. The van der Waals surface area contributed by atoms with Crippen LogP contribution in [0.15, 0.2) is 18.6 Å². The summed E-state index contributed by atoms with van der Waals surface area (Å²) in [7, 11) is 0. The Balaban J connectivity index is 2.54. The molecular formula is C9H11ClN6. The number of anilines is 1. The molecule has 0 aliphatic carbocycles. The summed E-state index contributed by atoms with van der Waals surface area (Å²) in [6, 6.07) is 0. The third kappa shape index (κ3) is 1.84. The van der Waals surface area contributed by atoms with Crippen molar-refractivity contribution >= 4 is 17.5 Å². The predicted octanol–water partition coefficient (Wildman–Crippen LogP) is 1.16. The van der Waals surface area contributed by atoms with Crippen molar-refractivity contribution in [3.05, 3.63) is 29.4 Å². The van der Waals surface area contributed by atoms with Gasteiger partial charge >= 0.3 is 0 Å². The van der Waals surface area contributed by atoms with Crippen LogP contribution >= 0.6 is 11.6 Å². The van der Waals surface area contributed by atoms with Gasteiger partial charge in [0.2, 0.25) is 5.95 Å². The van der Waals surface area contributed by atoms with Gasteiger partial charge in [0.15, 0.2) is 5.82 Å². The number of nitrogen functional groups attached to an aromatic ring is 1. The van der Waals surface area contributed by atoms with Gasteiger partial charge in [-0.25, -0.2) is 15.8 Å². The van der Waals surface area contributed by atoms with E-state index in [2.05, 4.69) is 20.4 Å². The highest BCUT2D eigenvalue weighted by Crippen LogP contribution is 2.19. The minimum Gasteiger partial charge on any atom is -0.292 e. The quantitative estimate of drug-likeness (QED) is 0.620. The van der Waals surface area contributed by atoms with Crippen LogP contribution in [-0.2, 0) is 6.42 Å². The first kappa shape index (κ1) is 10.8. The average molecular weight is 239 g/mol. The zero-order valence-electron chi connectivity index (χ0n) is 8.68. The van der Waals surface area contributed by atoms with Gasteiger partial charge in [0.05, 0.1) is 6.20 Å². The summed E-state index contributed by atoms with van der Waals surface area (Å²) in [6.45, 7) is 2.01. The molecule has 0 saturated carbocycles. The molecule has 0 aromatic carbocycles. The predicted molar refractivity (Wildman–Crippen MR) is 61.4 cm³/mol. The number of imidazole rings is 1. The van der Waals surface area contributed by atoms with E-state index in [0.717, 1.165) is 12.2 Å². The first-order valence-corrected chi connectivity index (χ1v) is 5.15. The van der Waals surface area contributed by atoms with Gasteiger partial charge in [0, 0.05) is 18.8 Å². The van der Waals surface area contributed by atoms with Crippen LogP contribution in [0.25, 0.3) is 5.82 Å². The second kappa shape index (κ2) is 4.46. The first-order valence-electron chi connectivity index (χ1n) is 4.78. The van der Waals surface area contributed by atoms with Gasteiger partial charge in [-0.2, -0.15) is 4.98 Å². The van der Waals surface area contributed by atoms with Crippen LogP contribution in [0.4, 0.5) is 5.95 Å². The lowest BCUT2D eigenvalue weighted by atomic mass is 10.4. The highest BCUT2D eigenvalue weighted by Gasteiger charge is 2.10. The second-order valence-electron chi connectivity index (χ2n) is 3.08. The Morgan fingerprint density at radius 1 is 1.50 bits per heavy atom. The number of hydrazine groups is 1. The molecule has 2 rings (SSSR count). The van der Waals surface area contributed by atoms with E-state index in [-0.39, 0.29) is 0 Å². The lowest BCUT2D eigenvalue weighted by Crippen LogP contribution is -2.12. The Morgan fingerprint density at radius 3 is 3.00 bits per heavy atom. The van der Waals surface area contributed by atoms with Gasteiger partial charge in [0.25, 0.3) is 0 Å². The molecule has 0 atom stereocenters. The van der Waals surface area contributed by atoms with Crippen LogP contribution in [0.1, 0.15) is 12.7 Å². The molecule has 0 saturated heterocycles. The zero-order chi connectivity index (χ0) is 11.5. The van der Waals surface area contributed by atoms with Crippen LogP contribution in [0.5, 0.6) is 0 Å². The number of halogens is 1. The third-order valence-electron chi connectivity index (χ3n) is 2.12. The Labute approximate surface area is 97.5 Å². The average Bonchev–Trinajstić information content (AvgIpc) is 2.77. The third-order valence-corrected chi connectivity index (χ3v) is 2.38. The van der Waals surface area contributed by atoms with Crippen molar-refractivity contribution < 1.29 is 0 Å². The second-order valence-corrected chi connectivity index (χ2v) is 3.48. The molecule has 6 nitrogen and oxygen atoms in total. The van der Waals surface area contributed by atoms with Crippen LogP contribution in [-0.4, -0.2) is 19.5 Å². The molecule has 0 radical (unpaired) electrons. The van der Waals surface area contributed by atoms with Crippen LogP contribution in [0.3, 0.4) is 0 Å². The van der Waals surface area contributed by atoms with Gasteiger partial charge in [-0.15, -0.1) is 0 Å². The number of nitrogens with zero attached hydrogens (tertiary/aromatic N) is 4. The SMILES string of the molecule is CCc1nccn1-c1nc(NN)ncc1Cl. The van der Waals surface area contributed by atoms with Gasteiger partial charge in [0.1, 0.15) is 10.8 Å². The maximum atomic E-state index is 6.03. The van der Waals surface area contributed by atoms with E-state index >= 15 is 0 Å². The van der Waals surface area contributed by atoms with Crippen molar-refractivity contribution in [3.63, 3.8) is 0 Å². The smallest absolute Gasteiger partial charge is 0.239 e. The highest BCUT2D eigenvalue weighted by atomic mass is 35.5. The maximum absolute atomic E-state index is 6.03. The van der Waals surface area contributed by atoms with Gasteiger partial charge in [-0.05, 0) is 0 Å². The topological polar surface area (TPSA) is 81.7 Å². The van der Waals surface area contributed by atoms with Crippen molar-refractivity contribution in [2.24, 2.45) is 5.84 Å². The fraction of sp³-hybridized carbons (Fsp3) is 0.222. The Kier molecular flexibility index (Phi) is 3.02. The summed E-state index contributed by atoms with van der Waals surface area (Å²) in [5.74, 6) is 7.01. The molecule has 0 aliphatic heterocycles. The zero-order valence-corrected chi connectivity index (χ0v) is 9.44. The van der Waals surface area contributed by atoms with E-state index in [1.807, 2.05) is 11.5 Å². The number of aryl methyl sites for hydroxylation is 1. The van der Waals surface area contributed by atoms with Crippen molar-refractivity contribution in [2.75, 3.05) is 5.43 Å². The highest BCUT2D eigenvalue weighted by molar-refractivity contribution is 6.32. The van der Waals surface area contributed by atoms with Crippen LogP contribution < -0.4 is 11.3 Å². The lowest BCUT2D eigenvalue weighted by Gasteiger charge is -2.08. The summed E-state index contributed by atoms with van der Waals surface area (Å²) in [6.07, 6.45) is 5.79. The molecule has 16 heavy (non-hydrogen) atoms. The van der Waals surface area contributed by atoms with Crippen LogP contribution in [0, 0.1) is 0 Å². The number of nitrogens with two attached hydrogens (primary N) is 1. The van der Waals surface area contributed by atoms with E-state index in [9.17, 15) is 0 Å². The monoisotopic (exact) mass is 238 g/mol. The van der Waals surface area contributed by atoms with Gasteiger partial charge in [-0.1, -0.05) is 18.5 Å². The molecule has 0 bridgehead atoms. The van der Waals surface area contributed by atoms with Gasteiger partial charge < -0.3 is 0 Å². The largest absolute Gasteiger partial charge is 0.292 e. The molecule has 0 amide bonds. The van der Waals surface area contributed by atoms with E-state index in [0.29, 0.717) is 16.8 Å². The molecule has 7 heteroatoms. The summed E-state index contributed by atoms with van der Waals surface area (Å²) in [5, 5.41) is 0.451. The molecule has 0 spiro atoms. The fourth-order valence-electron chi connectivity index (χ4n) is 1.39. The number of hydrogen-bond donors (Lipinski definition) is 2. The van der Waals surface area contributed by atoms with E-state index in [1.54, 1.807) is 12.4 Å². The number of aromatic nitrogens is 4.